The summed E-state index contributed by atoms with van der Waals surface area (Å²) in [5.41, 5.74) is 6.39. The van der Waals surface area contributed by atoms with Crippen LogP contribution in [0.1, 0.15) is 44.5 Å². The van der Waals surface area contributed by atoms with E-state index in [1.165, 1.54) is 0 Å². The smallest absolute Gasteiger partial charge is 0.244 e. The largest absolute Gasteiger partial charge is 0.341 e. The molecule has 1 unspecified atom stereocenters. The quantitative estimate of drug-likeness (QED) is 0.905. The molecule has 2 N–H and O–H groups in total. The Labute approximate surface area is 119 Å². The van der Waals surface area contributed by atoms with Crippen LogP contribution < -0.4 is 5.73 Å². The number of thiophene rings is 1. The Morgan fingerprint density at radius 3 is 2.53 bits per heavy atom. The van der Waals surface area contributed by atoms with Crippen molar-refractivity contribution < 1.29 is 4.79 Å². The number of carbonyl (C=O) groups excluding carboxylic acids is 1. The van der Waals surface area contributed by atoms with Crippen molar-refractivity contribution in [3.8, 4) is 0 Å². The number of hydrogen-bond donors (Lipinski definition) is 1. The number of carbonyl (C=O) groups is 1. The highest BCUT2D eigenvalue weighted by molar-refractivity contribution is 7.10. The Morgan fingerprint density at radius 2 is 2.05 bits per heavy atom. The van der Waals surface area contributed by atoms with Crippen LogP contribution in [0.15, 0.2) is 17.5 Å². The molecule has 0 spiro atoms. The second kappa shape index (κ2) is 5.63. The van der Waals surface area contributed by atoms with Crippen LogP contribution in [0.4, 0.5) is 0 Å². The van der Waals surface area contributed by atoms with Gasteiger partial charge < -0.3 is 10.6 Å². The summed E-state index contributed by atoms with van der Waals surface area (Å²) in [7, 11) is 0. The fourth-order valence-corrected chi connectivity index (χ4v) is 3.47. The Bertz CT molecular complexity index is 414. The SMILES string of the molecule is CC(C)(C)C1CCN(C(=O)C(N)c2cccs2)CC1. The van der Waals surface area contributed by atoms with Crippen LogP contribution >= 0.6 is 11.3 Å². The van der Waals surface area contributed by atoms with Crippen LogP contribution in [0.25, 0.3) is 0 Å². The number of piperidine rings is 1. The third-order valence-corrected chi connectivity index (χ3v) is 5.10. The highest BCUT2D eigenvalue weighted by Crippen LogP contribution is 2.34. The summed E-state index contributed by atoms with van der Waals surface area (Å²) in [5, 5.41) is 1.97. The van der Waals surface area contributed by atoms with E-state index < -0.39 is 6.04 Å². The first kappa shape index (κ1) is 14.5. The fourth-order valence-electron chi connectivity index (χ4n) is 2.75. The van der Waals surface area contributed by atoms with Gasteiger partial charge in [0.1, 0.15) is 6.04 Å². The molecule has 1 aliphatic rings. The second-order valence-electron chi connectivity index (χ2n) is 6.46. The van der Waals surface area contributed by atoms with E-state index in [2.05, 4.69) is 20.8 Å². The maximum Gasteiger partial charge on any atom is 0.244 e. The molecular formula is C15H24N2OS. The predicted molar refractivity (Wildman–Crippen MR) is 80.0 cm³/mol. The Kier molecular flexibility index (Phi) is 4.31. The summed E-state index contributed by atoms with van der Waals surface area (Å²) in [6.07, 6.45) is 2.18. The molecule has 2 rings (SSSR count). The number of rotatable bonds is 2. The molecule has 4 heteroatoms. The monoisotopic (exact) mass is 280 g/mol. The predicted octanol–water partition coefficient (Wildman–Crippen LogP) is 3.03. The molecule has 1 aromatic heterocycles. The van der Waals surface area contributed by atoms with E-state index in [9.17, 15) is 4.79 Å². The molecule has 2 heterocycles. The average Bonchev–Trinajstić information content (AvgIpc) is 2.90. The van der Waals surface area contributed by atoms with Gasteiger partial charge in [-0.2, -0.15) is 0 Å². The van der Waals surface area contributed by atoms with Crippen LogP contribution in [0, 0.1) is 11.3 Å². The summed E-state index contributed by atoms with van der Waals surface area (Å²) in [4.78, 5) is 15.3. The van der Waals surface area contributed by atoms with Gasteiger partial charge in [-0.3, -0.25) is 4.79 Å². The van der Waals surface area contributed by atoms with E-state index in [0.29, 0.717) is 11.3 Å². The summed E-state index contributed by atoms with van der Waals surface area (Å²) >= 11 is 1.56. The van der Waals surface area contributed by atoms with Crippen molar-refractivity contribution in [2.75, 3.05) is 13.1 Å². The zero-order chi connectivity index (χ0) is 14.0. The Morgan fingerprint density at radius 1 is 1.42 bits per heavy atom. The molecule has 0 aliphatic carbocycles. The lowest BCUT2D eigenvalue weighted by Gasteiger charge is -2.39. The minimum absolute atomic E-state index is 0.0785. The lowest BCUT2D eigenvalue weighted by Crippen LogP contribution is -2.44. The molecule has 1 amide bonds. The lowest BCUT2D eigenvalue weighted by atomic mass is 9.75. The van der Waals surface area contributed by atoms with Gasteiger partial charge in [0.15, 0.2) is 0 Å². The maximum absolute atomic E-state index is 12.4. The van der Waals surface area contributed by atoms with E-state index in [4.69, 9.17) is 5.73 Å². The minimum Gasteiger partial charge on any atom is -0.341 e. The third-order valence-electron chi connectivity index (χ3n) is 4.15. The second-order valence-corrected chi connectivity index (χ2v) is 7.44. The van der Waals surface area contributed by atoms with Crippen molar-refractivity contribution in [2.45, 2.75) is 39.7 Å². The van der Waals surface area contributed by atoms with Gasteiger partial charge in [0.25, 0.3) is 0 Å². The van der Waals surface area contributed by atoms with Crippen LogP contribution in [0.3, 0.4) is 0 Å². The molecule has 1 aromatic rings. The molecule has 1 fully saturated rings. The number of amides is 1. The van der Waals surface area contributed by atoms with Gasteiger partial charge >= 0.3 is 0 Å². The number of nitrogens with two attached hydrogens (primary N) is 1. The zero-order valence-corrected chi connectivity index (χ0v) is 12.9. The molecular weight excluding hydrogens is 256 g/mol. The van der Waals surface area contributed by atoms with Crippen LogP contribution in [0.2, 0.25) is 0 Å². The molecule has 1 saturated heterocycles. The minimum atomic E-state index is -0.480. The standard InChI is InChI=1S/C15H24N2OS/c1-15(2,3)11-6-8-17(9-7-11)14(18)13(16)12-5-4-10-19-12/h4-5,10-11,13H,6-9,16H2,1-3H3. The van der Waals surface area contributed by atoms with Crippen molar-refractivity contribution in [1.82, 2.24) is 4.90 Å². The maximum atomic E-state index is 12.4. The van der Waals surface area contributed by atoms with Gasteiger partial charge in [-0.1, -0.05) is 26.8 Å². The van der Waals surface area contributed by atoms with Crippen LogP contribution in [-0.4, -0.2) is 23.9 Å². The molecule has 1 aliphatic heterocycles. The molecule has 0 bridgehead atoms. The summed E-state index contributed by atoms with van der Waals surface area (Å²) in [6.45, 7) is 8.55. The molecule has 106 valence electrons. The molecule has 0 radical (unpaired) electrons. The van der Waals surface area contributed by atoms with Crippen molar-refractivity contribution in [1.29, 1.82) is 0 Å². The van der Waals surface area contributed by atoms with E-state index >= 15 is 0 Å². The molecule has 0 saturated carbocycles. The van der Waals surface area contributed by atoms with Gasteiger partial charge in [0, 0.05) is 18.0 Å². The lowest BCUT2D eigenvalue weighted by molar-refractivity contribution is -0.134. The number of hydrogen-bond acceptors (Lipinski definition) is 3. The van der Waals surface area contributed by atoms with Gasteiger partial charge in [0.05, 0.1) is 0 Å². The number of likely N-dealkylation sites (tertiary alicyclic amines) is 1. The zero-order valence-electron chi connectivity index (χ0n) is 12.1. The molecule has 1 atom stereocenters. The highest BCUT2D eigenvalue weighted by Gasteiger charge is 2.32. The molecule has 3 nitrogen and oxygen atoms in total. The average molecular weight is 280 g/mol. The van der Waals surface area contributed by atoms with Crippen molar-refractivity contribution in [2.24, 2.45) is 17.1 Å². The summed E-state index contributed by atoms with van der Waals surface area (Å²) in [5.74, 6) is 0.782. The Hall–Kier alpha value is -0.870. The van der Waals surface area contributed by atoms with Gasteiger partial charge in [0.2, 0.25) is 5.91 Å². The normalized spacial score (nSPS) is 19.5. The molecule has 0 aromatic carbocycles. The van der Waals surface area contributed by atoms with Crippen molar-refractivity contribution in [3.63, 3.8) is 0 Å². The van der Waals surface area contributed by atoms with Crippen LogP contribution in [-0.2, 0) is 4.79 Å². The third kappa shape index (κ3) is 3.37. The van der Waals surface area contributed by atoms with E-state index in [1.807, 2.05) is 22.4 Å². The first-order valence-electron chi connectivity index (χ1n) is 6.97. The van der Waals surface area contributed by atoms with E-state index in [-0.39, 0.29) is 5.91 Å². The van der Waals surface area contributed by atoms with Gasteiger partial charge in [-0.15, -0.1) is 11.3 Å². The van der Waals surface area contributed by atoms with Crippen molar-refractivity contribution >= 4 is 17.2 Å². The summed E-state index contributed by atoms with van der Waals surface area (Å²) < 4.78 is 0. The summed E-state index contributed by atoms with van der Waals surface area (Å²) in [6, 6.07) is 3.40. The highest BCUT2D eigenvalue weighted by atomic mass is 32.1. The van der Waals surface area contributed by atoms with E-state index in [1.54, 1.807) is 11.3 Å². The first-order chi connectivity index (χ1) is 8.89. The van der Waals surface area contributed by atoms with Gasteiger partial charge in [-0.05, 0) is 35.6 Å². The van der Waals surface area contributed by atoms with Crippen molar-refractivity contribution in [3.05, 3.63) is 22.4 Å². The van der Waals surface area contributed by atoms with Gasteiger partial charge in [-0.25, -0.2) is 0 Å². The number of nitrogens with zero attached hydrogens (tertiary/aromatic N) is 1. The first-order valence-corrected chi connectivity index (χ1v) is 7.85. The molecule has 19 heavy (non-hydrogen) atoms. The Balaban J connectivity index is 1.93. The topological polar surface area (TPSA) is 46.3 Å². The van der Waals surface area contributed by atoms with E-state index in [0.717, 1.165) is 30.8 Å². The van der Waals surface area contributed by atoms with Crippen LogP contribution in [0.5, 0.6) is 0 Å². The fraction of sp³-hybridized carbons (Fsp3) is 0.667.